The van der Waals surface area contributed by atoms with Crippen LogP contribution in [0.5, 0.6) is 0 Å². The molecule has 4 rings (SSSR count). The van der Waals surface area contributed by atoms with Crippen molar-refractivity contribution in [3.63, 3.8) is 0 Å². The monoisotopic (exact) mass is 443 g/mol. The molecule has 1 N–H and O–H groups in total. The smallest absolute Gasteiger partial charge is 0.232 e. The summed E-state index contributed by atoms with van der Waals surface area (Å²) in [6, 6.07) is 14.6. The van der Waals surface area contributed by atoms with Crippen LogP contribution in [-0.2, 0) is 16.4 Å². The maximum atomic E-state index is 12.1. The zero-order chi connectivity index (χ0) is 22.3. The zero-order valence-electron chi connectivity index (χ0n) is 18.8. The number of aliphatic hydroxyl groups excluding tert-OH is 1. The number of aliphatic hydroxyl groups is 1. The third-order valence-electron chi connectivity index (χ3n) is 6.47. The van der Waals surface area contributed by atoms with Gasteiger partial charge in [0.25, 0.3) is 0 Å². The molecule has 7 heteroatoms. The second-order valence-electron chi connectivity index (χ2n) is 9.16. The third kappa shape index (κ3) is 4.59. The molecule has 2 aromatic rings. The van der Waals surface area contributed by atoms with Gasteiger partial charge in [-0.3, -0.25) is 9.21 Å². The Labute approximate surface area is 186 Å². The van der Waals surface area contributed by atoms with Crippen LogP contribution in [0.15, 0.2) is 42.5 Å². The van der Waals surface area contributed by atoms with Gasteiger partial charge in [0.1, 0.15) is 0 Å². The van der Waals surface area contributed by atoms with E-state index in [2.05, 4.69) is 47.9 Å². The molecule has 2 heterocycles. The van der Waals surface area contributed by atoms with Crippen LogP contribution >= 0.6 is 0 Å². The summed E-state index contributed by atoms with van der Waals surface area (Å²) in [6.07, 6.45) is 1.33. The van der Waals surface area contributed by atoms with E-state index in [1.807, 2.05) is 25.1 Å². The lowest BCUT2D eigenvalue weighted by atomic mass is 10.0. The second kappa shape index (κ2) is 8.45. The van der Waals surface area contributed by atoms with Gasteiger partial charge in [0.15, 0.2) is 0 Å². The quantitative estimate of drug-likeness (QED) is 0.770. The highest BCUT2D eigenvalue weighted by Crippen LogP contribution is 2.36. The Kier molecular flexibility index (Phi) is 6.03. The molecule has 0 amide bonds. The largest absolute Gasteiger partial charge is 0.387 e. The van der Waals surface area contributed by atoms with Gasteiger partial charge in [0, 0.05) is 44.0 Å². The minimum atomic E-state index is -3.30. The Balaban J connectivity index is 1.42. The fourth-order valence-electron chi connectivity index (χ4n) is 5.07. The van der Waals surface area contributed by atoms with Gasteiger partial charge in [0.05, 0.1) is 18.0 Å². The Morgan fingerprint density at radius 2 is 1.87 bits per heavy atom. The van der Waals surface area contributed by atoms with Crippen molar-refractivity contribution in [2.24, 2.45) is 0 Å². The summed E-state index contributed by atoms with van der Waals surface area (Å²) < 4.78 is 25.8. The van der Waals surface area contributed by atoms with E-state index in [0.29, 0.717) is 19.0 Å². The van der Waals surface area contributed by atoms with Crippen molar-refractivity contribution in [2.45, 2.75) is 45.4 Å². The Hall–Kier alpha value is -2.09. The van der Waals surface area contributed by atoms with Crippen LogP contribution < -0.4 is 9.21 Å². The van der Waals surface area contributed by atoms with Gasteiger partial charge in [-0.25, -0.2) is 8.42 Å². The summed E-state index contributed by atoms with van der Waals surface area (Å²) in [4.78, 5) is 4.76. The first-order valence-corrected chi connectivity index (χ1v) is 12.8. The number of hydrogen-bond acceptors (Lipinski definition) is 5. The van der Waals surface area contributed by atoms with Gasteiger partial charge >= 0.3 is 0 Å². The number of rotatable bonds is 5. The molecule has 0 bridgehead atoms. The highest BCUT2D eigenvalue weighted by molar-refractivity contribution is 7.92. The number of piperazine rings is 1. The average molecular weight is 444 g/mol. The van der Waals surface area contributed by atoms with E-state index in [-0.39, 0.29) is 6.04 Å². The predicted molar refractivity (Wildman–Crippen MR) is 126 cm³/mol. The van der Waals surface area contributed by atoms with Crippen LogP contribution in [0.2, 0.25) is 0 Å². The number of β-amino-alcohol motifs (C(OH)–C–C–N with tert-alkyl or cyclic N) is 1. The SMILES string of the molecule is Cc1cccc(N2CCN(CC(O)c3ccc4c(c3)CC(C)N4S(C)(=O)=O)CC2C)c1. The number of aryl methyl sites for hydroxylation is 1. The van der Waals surface area contributed by atoms with Crippen LogP contribution in [0, 0.1) is 6.92 Å². The summed E-state index contributed by atoms with van der Waals surface area (Å²) in [5.74, 6) is 0. The molecule has 3 unspecified atom stereocenters. The number of nitrogens with zero attached hydrogens (tertiary/aromatic N) is 3. The van der Waals surface area contributed by atoms with Crippen LogP contribution in [0.4, 0.5) is 11.4 Å². The summed E-state index contributed by atoms with van der Waals surface area (Å²) in [5.41, 5.74) is 5.12. The highest BCUT2D eigenvalue weighted by atomic mass is 32.2. The predicted octanol–water partition coefficient (Wildman–Crippen LogP) is 2.95. The maximum absolute atomic E-state index is 12.1. The van der Waals surface area contributed by atoms with Crippen molar-refractivity contribution in [1.29, 1.82) is 0 Å². The number of fused-ring (bicyclic) bond motifs is 1. The van der Waals surface area contributed by atoms with Crippen LogP contribution in [0.1, 0.15) is 36.6 Å². The molecule has 2 aliphatic rings. The van der Waals surface area contributed by atoms with E-state index in [9.17, 15) is 13.5 Å². The summed E-state index contributed by atoms with van der Waals surface area (Å²) in [5, 5.41) is 10.9. The minimum absolute atomic E-state index is 0.0899. The third-order valence-corrected chi connectivity index (χ3v) is 7.75. The van der Waals surface area contributed by atoms with E-state index in [4.69, 9.17) is 0 Å². The summed E-state index contributed by atoms with van der Waals surface area (Å²) in [7, 11) is -3.30. The van der Waals surface area contributed by atoms with Crippen molar-refractivity contribution in [3.8, 4) is 0 Å². The molecule has 1 saturated heterocycles. The first-order chi connectivity index (χ1) is 14.6. The molecule has 2 aromatic carbocycles. The number of sulfonamides is 1. The van der Waals surface area contributed by atoms with Gasteiger partial charge in [-0.15, -0.1) is 0 Å². The fraction of sp³-hybridized carbons (Fsp3) is 0.500. The average Bonchev–Trinajstić information content (AvgIpc) is 3.03. The Morgan fingerprint density at radius 3 is 2.55 bits per heavy atom. The molecule has 0 radical (unpaired) electrons. The van der Waals surface area contributed by atoms with Gasteiger partial charge in [-0.05, 0) is 62.1 Å². The van der Waals surface area contributed by atoms with Crippen LogP contribution in [0.3, 0.4) is 0 Å². The van der Waals surface area contributed by atoms with E-state index in [1.54, 1.807) is 0 Å². The number of hydrogen-bond donors (Lipinski definition) is 1. The van der Waals surface area contributed by atoms with Gasteiger partial charge in [-0.1, -0.05) is 24.3 Å². The molecule has 0 spiro atoms. The lowest BCUT2D eigenvalue weighted by Crippen LogP contribution is -2.52. The van der Waals surface area contributed by atoms with Crippen LogP contribution in [-0.4, -0.2) is 62.9 Å². The van der Waals surface area contributed by atoms with Gasteiger partial charge in [0.2, 0.25) is 10.0 Å². The Bertz CT molecular complexity index is 1060. The summed E-state index contributed by atoms with van der Waals surface area (Å²) >= 11 is 0. The molecule has 2 aliphatic heterocycles. The normalized spacial score (nSPS) is 23.1. The van der Waals surface area contributed by atoms with E-state index in [1.165, 1.54) is 21.8 Å². The Morgan fingerprint density at radius 1 is 1.10 bits per heavy atom. The second-order valence-corrected chi connectivity index (χ2v) is 11.0. The lowest BCUT2D eigenvalue weighted by molar-refractivity contribution is 0.102. The molecular formula is C24H33N3O3S. The number of anilines is 2. The molecule has 31 heavy (non-hydrogen) atoms. The van der Waals surface area contributed by atoms with Crippen LogP contribution in [0.25, 0.3) is 0 Å². The first-order valence-electron chi connectivity index (χ1n) is 11.0. The zero-order valence-corrected chi connectivity index (χ0v) is 19.6. The molecule has 0 saturated carbocycles. The highest BCUT2D eigenvalue weighted by Gasteiger charge is 2.33. The van der Waals surface area contributed by atoms with Crippen molar-refractivity contribution in [2.75, 3.05) is 41.6 Å². The van der Waals surface area contributed by atoms with Crippen molar-refractivity contribution in [1.82, 2.24) is 4.90 Å². The van der Waals surface area contributed by atoms with Crippen molar-refractivity contribution < 1.29 is 13.5 Å². The van der Waals surface area contributed by atoms with E-state index < -0.39 is 16.1 Å². The fourth-order valence-corrected chi connectivity index (χ4v) is 6.34. The maximum Gasteiger partial charge on any atom is 0.232 e. The molecule has 0 aromatic heterocycles. The molecular weight excluding hydrogens is 410 g/mol. The first kappa shape index (κ1) is 22.1. The summed E-state index contributed by atoms with van der Waals surface area (Å²) in [6.45, 7) is 9.59. The van der Waals surface area contributed by atoms with E-state index >= 15 is 0 Å². The topological polar surface area (TPSA) is 64.1 Å². The van der Waals surface area contributed by atoms with Gasteiger partial charge in [-0.2, -0.15) is 0 Å². The standard InChI is InChI=1S/C24H33N3O3S/c1-17-6-5-7-22(12-17)26-11-10-25(15-19(26)3)16-24(28)20-8-9-23-21(14-20)13-18(2)27(23)31(4,29)30/h5-9,12,14,18-19,24,28H,10-11,13,15-16H2,1-4H3. The minimum Gasteiger partial charge on any atom is -0.387 e. The molecule has 168 valence electrons. The van der Waals surface area contributed by atoms with Crippen molar-refractivity contribution >= 4 is 21.4 Å². The molecule has 3 atom stereocenters. The molecule has 1 fully saturated rings. The van der Waals surface area contributed by atoms with Gasteiger partial charge < -0.3 is 10.0 Å². The van der Waals surface area contributed by atoms with E-state index in [0.717, 1.165) is 36.4 Å². The van der Waals surface area contributed by atoms with Crippen molar-refractivity contribution in [3.05, 3.63) is 59.2 Å². The molecule has 0 aliphatic carbocycles. The molecule has 6 nitrogen and oxygen atoms in total. The number of benzene rings is 2. The lowest BCUT2D eigenvalue weighted by Gasteiger charge is -2.42.